The lowest BCUT2D eigenvalue weighted by atomic mass is 10.1. The normalized spacial score (nSPS) is 10.5. The molecule has 0 aliphatic heterocycles. The lowest BCUT2D eigenvalue weighted by Crippen LogP contribution is -2.22. The minimum absolute atomic E-state index is 0.0810. The third-order valence-corrected chi connectivity index (χ3v) is 4.17. The molecule has 2 aromatic carbocycles. The lowest BCUT2D eigenvalue weighted by Gasteiger charge is -2.08. The van der Waals surface area contributed by atoms with Gasteiger partial charge >= 0.3 is 5.97 Å². The van der Waals surface area contributed by atoms with Crippen LogP contribution in [0.4, 0.5) is 5.69 Å². The fourth-order valence-corrected chi connectivity index (χ4v) is 2.54. The summed E-state index contributed by atoms with van der Waals surface area (Å²) >= 11 is 11.7. The van der Waals surface area contributed by atoms with E-state index < -0.39 is 24.0 Å². The Morgan fingerprint density at radius 1 is 1.08 bits per heavy atom. The molecule has 1 amide bonds. The number of hydrogen-bond acceptors (Lipinski definition) is 5. The van der Waals surface area contributed by atoms with E-state index in [9.17, 15) is 14.4 Å². The molecule has 3 aromatic rings. The Morgan fingerprint density at radius 3 is 2.54 bits per heavy atom. The van der Waals surface area contributed by atoms with E-state index >= 15 is 0 Å². The second-order valence-electron chi connectivity index (χ2n) is 5.20. The number of carbonyl (C=O) groups is 2. The Labute approximate surface area is 156 Å². The highest BCUT2D eigenvalue weighted by atomic mass is 35.5. The van der Waals surface area contributed by atoms with Gasteiger partial charge in [-0.15, -0.1) is 0 Å². The van der Waals surface area contributed by atoms with Gasteiger partial charge < -0.3 is 10.1 Å². The molecule has 2 N–H and O–H groups in total. The van der Waals surface area contributed by atoms with E-state index in [0.717, 1.165) is 0 Å². The zero-order chi connectivity index (χ0) is 18.7. The summed E-state index contributed by atoms with van der Waals surface area (Å²) < 4.78 is 4.97. The quantitative estimate of drug-likeness (QED) is 0.665. The number of fused-ring (bicyclic) bond motifs is 1. The summed E-state index contributed by atoms with van der Waals surface area (Å²) in [6.07, 6.45) is 0. The first-order valence-corrected chi connectivity index (χ1v) is 8.11. The largest absolute Gasteiger partial charge is 0.451 e. The molecular weight excluding hydrogens is 381 g/mol. The van der Waals surface area contributed by atoms with E-state index in [1.54, 1.807) is 30.3 Å². The predicted octanol–water partition coefficient (Wildman–Crippen LogP) is 3.03. The topological polar surface area (TPSA) is 101 Å². The second kappa shape index (κ2) is 7.55. The van der Waals surface area contributed by atoms with Gasteiger partial charge in [0, 0.05) is 11.1 Å². The SMILES string of the molecule is O=C(COC(=O)c1n[nH]c(=O)c2ccccc12)Nc1ccc(Cl)c(Cl)c1. The number of nitrogens with zero attached hydrogens (tertiary/aromatic N) is 1. The van der Waals surface area contributed by atoms with Crippen molar-refractivity contribution in [3.63, 3.8) is 0 Å². The molecule has 1 heterocycles. The Kier molecular flexibility index (Phi) is 5.20. The van der Waals surface area contributed by atoms with E-state index in [1.807, 2.05) is 0 Å². The minimum atomic E-state index is -0.832. The first-order valence-electron chi connectivity index (χ1n) is 7.35. The van der Waals surface area contributed by atoms with Crippen LogP contribution in [-0.2, 0) is 9.53 Å². The number of amides is 1. The van der Waals surface area contributed by atoms with Crippen LogP contribution < -0.4 is 10.9 Å². The third kappa shape index (κ3) is 3.84. The van der Waals surface area contributed by atoms with E-state index in [1.165, 1.54) is 12.1 Å². The molecule has 0 radical (unpaired) electrons. The van der Waals surface area contributed by atoms with Crippen LogP contribution in [0.2, 0.25) is 10.0 Å². The van der Waals surface area contributed by atoms with Crippen LogP contribution in [0.3, 0.4) is 0 Å². The van der Waals surface area contributed by atoms with Crippen molar-refractivity contribution in [2.45, 2.75) is 0 Å². The van der Waals surface area contributed by atoms with Gasteiger partial charge in [0.15, 0.2) is 12.3 Å². The molecule has 132 valence electrons. The standard InChI is InChI=1S/C17H11Cl2N3O4/c18-12-6-5-9(7-13(12)19)20-14(23)8-26-17(25)15-10-3-1-2-4-11(10)16(24)22-21-15/h1-7H,8H2,(H,20,23)(H,22,24). The average Bonchev–Trinajstić information content (AvgIpc) is 2.63. The van der Waals surface area contributed by atoms with Gasteiger partial charge in [-0.05, 0) is 24.3 Å². The first kappa shape index (κ1) is 17.9. The van der Waals surface area contributed by atoms with E-state index in [0.29, 0.717) is 21.5 Å². The van der Waals surface area contributed by atoms with Gasteiger partial charge in [-0.3, -0.25) is 9.59 Å². The van der Waals surface area contributed by atoms with Gasteiger partial charge in [-0.2, -0.15) is 5.10 Å². The van der Waals surface area contributed by atoms with Crippen molar-refractivity contribution < 1.29 is 14.3 Å². The molecule has 0 aliphatic carbocycles. The molecule has 0 unspecified atom stereocenters. The number of benzene rings is 2. The van der Waals surface area contributed by atoms with Gasteiger partial charge in [-0.25, -0.2) is 9.89 Å². The first-order chi connectivity index (χ1) is 12.5. The van der Waals surface area contributed by atoms with Crippen LogP contribution in [0.15, 0.2) is 47.3 Å². The summed E-state index contributed by atoms with van der Waals surface area (Å²) in [6, 6.07) is 11.0. The molecule has 3 rings (SSSR count). The van der Waals surface area contributed by atoms with Crippen molar-refractivity contribution >= 4 is 51.5 Å². The maximum Gasteiger partial charge on any atom is 0.359 e. The molecule has 0 saturated carbocycles. The van der Waals surface area contributed by atoms with Gasteiger partial charge in [0.2, 0.25) is 0 Å². The number of ether oxygens (including phenoxy) is 1. The summed E-state index contributed by atoms with van der Waals surface area (Å²) in [7, 11) is 0. The third-order valence-electron chi connectivity index (χ3n) is 3.43. The lowest BCUT2D eigenvalue weighted by molar-refractivity contribution is -0.119. The number of aromatic nitrogens is 2. The van der Waals surface area contributed by atoms with Crippen LogP contribution >= 0.6 is 23.2 Å². The summed E-state index contributed by atoms with van der Waals surface area (Å²) in [5, 5.41) is 9.74. The molecule has 0 atom stereocenters. The number of H-pyrrole nitrogens is 1. The summed E-state index contributed by atoms with van der Waals surface area (Å²) in [6.45, 7) is -0.534. The van der Waals surface area contributed by atoms with Gasteiger partial charge in [-0.1, -0.05) is 41.4 Å². The smallest absolute Gasteiger partial charge is 0.359 e. The Hall–Kier alpha value is -2.90. The molecule has 0 saturated heterocycles. The van der Waals surface area contributed by atoms with Gasteiger partial charge in [0.25, 0.3) is 11.5 Å². The van der Waals surface area contributed by atoms with Crippen molar-refractivity contribution in [2.24, 2.45) is 0 Å². The van der Waals surface area contributed by atoms with Crippen LogP contribution in [0, 0.1) is 0 Å². The number of anilines is 1. The zero-order valence-electron chi connectivity index (χ0n) is 13.1. The highest BCUT2D eigenvalue weighted by Crippen LogP contribution is 2.24. The van der Waals surface area contributed by atoms with Crippen molar-refractivity contribution in [1.29, 1.82) is 0 Å². The van der Waals surface area contributed by atoms with Crippen molar-refractivity contribution in [1.82, 2.24) is 10.2 Å². The number of carbonyl (C=O) groups excluding carboxylic acids is 2. The number of esters is 1. The molecule has 0 fully saturated rings. The maximum atomic E-state index is 12.2. The molecule has 26 heavy (non-hydrogen) atoms. The highest BCUT2D eigenvalue weighted by molar-refractivity contribution is 6.42. The number of aromatic amines is 1. The monoisotopic (exact) mass is 391 g/mol. The fourth-order valence-electron chi connectivity index (χ4n) is 2.24. The van der Waals surface area contributed by atoms with Crippen LogP contribution in [0.1, 0.15) is 10.5 Å². The van der Waals surface area contributed by atoms with Gasteiger partial charge in [0.1, 0.15) is 0 Å². The summed E-state index contributed by atoms with van der Waals surface area (Å²) in [5.41, 5.74) is -0.0925. The van der Waals surface area contributed by atoms with Gasteiger partial charge in [0.05, 0.1) is 15.4 Å². The number of halogens is 2. The molecule has 1 aromatic heterocycles. The Morgan fingerprint density at radius 2 is 1.81 bits per heavy atom. The minimum Gasteiger partial charge on any atom is -0.451 e. The van der Waals surface area contributed by atoms with Crippen LogP contribution in [0.5, 0.6) is 0 Å². The molecule has 0 spiro atoms. The van der Waals surface area contributed by atoms with E-state index in [4.69, 9.17) is 27.9 Å². The second-order valence-corrected chi connectivity index (χ2v) is 6.01. The average molecular weight is 392 g/mol. The Bertz CT molecular complexity index is 1070. The summed E-state index contributed by atoms with van der Waals surface area (Å²) in [4.78, 5) is 35.8. The fraction of sp³-hybridized carbons (Fsp3) is 0.0588. The molecule has 0 bridgehead atoms. The number of rotatable bonds is 4. The van der Waals surface area contributed by atoms with E-state index in [2.05, 4.69) is 15.5 Å². The molecule has 0 aliphatic rings. The number of hydrogen-bond donors (Lipinski definition) is 2. The van der Waals surface area contributed by atoms with Crippen molar-refractivity contribution in [3.05, 3.63) is 68.6 Å². The molecule has 7 nitrogen and oxygen atoms in total. The van der Waals surface area contributed by atoms with Crippen molar-refractivity contribution in [3.8, 4) is 0 Å². The predicted molar refractivity (Wildman–Crippen MR) is 97.7 cm³/mol. The Balaban J connectivity index is 1.69. The van der Waals surface area contributed by atoms with Crippen LogP contribution in [0.25, 0.3) is 10.8 Å². The summed E-state index contributed by atoms with van der Waals surface area (Å²) in [5.74, 6) is -1.40. The number of nitrogens with one attached hydrogen (secondary N) is 2. The molecule has 9 heteroatoms. The molecular formula is C17H11Cl2N3O4. The van der Waals surface area contributed by atoms with Crippen LogP contribution in [-0.4, -0.2) is 28.7 Å². The van der Waals surface area contributed by atoms with E-state index in [-0.39, 0.29) is 10.7 Å². The maximum absolute atomic E-state index is 12.2. The highest BCUT2D eigenvalue weighted by Gasteiger charge is 2.17. The van der Waals surface area contributed by atoms with Crippen molar-refractivity contribution in [2.75, 3.05) is 11.9 Å². The zero-order valence-corrected chi connectivity index (χ0v) is 14.6.